The summed E-state index contributed by atoms with van der Waals surface area (Å²) in [7, 11) is 0. The maximum Gasteiger partial charge on any atom is 0.167 e. The Morgan fingerprint density at radius 2 is 2.11 bits per heavy atom. The van der Waals surface area contributed by atoms with E-state index >= 15 is 0 Å². The van der Waals surface area contributed by atoms with Gasteiger partial charge in [0.2, 0.25) is 0 Å². The van der Waals surface area contributed by atoms with Crippen molar-refractivity contribution in [3.63, 3.8) is 0 Å². The normalized spacial score (nSPS) is 17.2. The number of carbonyl (C=O) groups is 1. The van der Waals surface area contributed by atoms with Crippen molar-refractivity contribution in [2.75, 3.05) is 6.54 Å². The van der Waals surface area contributed by atoms with Crippen LogP contribution >= 0.6 is 0 Å². The van der Waals surface area contributed by atoms with E-state index in [0.717, 1.165) is 18.4 Å². The van der Waals surface area contributed by atoms with Crippen LogP contribution in [0.2, 0.25) is 0 Å². The molecule has 0 aromatic heterocycles. The number of hydrogen-bond donors (Lipinski definition) is 1. The van der Waals surface area contributed by atoms with Crippen molar-refractivity contribution in [2.45, 2.75) is 44.9 Å². The van der Waals surface area contributed by atoms with Gasteiger partial charge in [-0.2, -0.15) is 0 Å². The van der Waals surface area contributed by atoms with Crippen molar-refractivity contribution in [1.29, 1.82) is 0 Å². The lowest BCUT2D eigenvalue weighted by molar-refractivity contribution is 0.0915. The van der Waals surface area contributed by atoms with E-state index in [9.17, 15) is 4.79 Å². The maximum atomic E-state index is 12.6. The number of ketones is 1. The first-order valence-electron chi connectivity index (χ1n) is 7.11. The van der Waals surface area contributed by atoms with Crippen LogP contribution in [-0.4, -0.2) is 12.3 Å². The predicted molar refractivity (Wildman–Crippen MR) is 74.8 cm³/mol. The predicted octanol–water partition coefficient (Wildman–Crippen LogP) is 3.51. The summed E-state index contributed by atoms with van der Waals surface area (Å²) in [6.07, 6.45) is 5.66. The quantitative estimate of drug-likeness (QED) is 0.779. The number of rotatable bonds is 6. The fraction of sp³-hybridized carbons (Fsp3) is 0.562. The Kier molecular flexibility index (Phi) is 4.54. The van der Waals surface area contributed by atoms with Gasteiger partial charge in [0.1, 0.15) is 0 Å². The van der Waals surface area contributed by atoms with Crippen LogP contribution in [0, 0.1) is 5.92 Å². The zero-order chi connectivity index (χ0) is 13.0. The molecule has 0 heterocycles. The Bertz CT molecular complexity index is 409. The molecule has 1 aromatic carbocycles. The molecule has 2 N–H and O–H groups in total. The number of nitrogens with two attached hydrogens (primary N) is 1. The highest BCUT2D eigenvalue weighted by Crippen LogP contribution is 2.38. The van der Waals surface area contributed by atoms with Crippen LogP contribution in [0.15, 0.2) is 24.3 Å². The molecule has 0 saturated heterocycles. The summed E-state index contributed by atoms with van der Waals surface area (Å²) in [5, 5.41) is 0. The Morgan fingerprint density at radius 3 is 2.67 bits per heavy atom. The van der Waals surface area contributed by atoms with E-state index in [-0.39, 0.29) is 11.7 Å². The summed E-state index contributed by atoms with van der Waals surface area (Å²) in [6, 6.07) is 8.11. The van der Waals surface area contributed by atoms with Crippen molar-refractivity contribution < 1.29 is 4.79 Å². The van der Waals surface area contributed by atoms with E-state index in [0.29, 0.717) is 12.5 Å². The summed E-state index contributed by atoms with van der Waals surface area (Å²) in [4.78, 5) is 12.6. The van der Waals surface area contributed by atoms with E-state index in [1.165, 1.54) is 24.8 Å². The molecule has 1 aliphatic rings. The molecular formula is C16H23NO. The zero-order valence-corrected chi connectivity index (χ0v) is 11.2. The largest absolute Gasteiger partial charge is 0.330 e. The first-order chi connectivity index (χ1) is 8.77. The highest BCUT2D eigenvalue weighted by atomic mass is 16.1. The Hall–Kier alpha value is -1.15. The third-order valence-corrected chi connectivity index (χ3v) is 4.06. The van der Waals surface area contributed by atoms with Crippen LogP contribution in [0.5, 0.6) is 0 Å². The number of hydrogen-bond acceptors (Lipinski definition) is 2. The second-order valence-electron chi connectivity index (χ2n) is 5.30. The van der Waals surface area contributed by atoms with Crippen LogP contribution in [-0.2, 0) is 0 Å². The van der Waals surface area contributed by atoms with E-state index in [2.05, 4.69) is 13.0 Å². The highest BCUT2D eigenvalue weighted by molar-refractivity contribution is 5.99. The third kappa shape index (κ3) is 2.64. The third-order valence-electron chi connectivity index (χ3n) is 4.06. The molecule has 2 heteroatoms. The smallest absolute Gasteiger partial charge is 0.167 e. The van der Waals surface area contributed by atoms with Crippen LogP contribution in [0.3, 0.4) is 0 Å². The summed E-state index contributed by atoms with van der Waals surface area (Å²) in [5.41, 5.74) is 7.92. The van der Waals surface area contributed by atoms with Gasteiger partial charge in [-0.3, -0.25) is 4.79 Å². The molecule has 98 valence electrons. The van der Waals surface area contributed by atoms with Crippen LogP contribution in [0.25, 0.3) is 0 Å². The molecule has 1 atom stereocenters. The van der Waals surface area contributed by atoms with Gasteiger partial charge in [-0.25, -0.2) is 0 Å². The van der Waals surface area contributed by atoms with Crippen LogP contribution in [0.4, 0.5) is 0 Å². The molecule has 1 aliphatic carbocycles. The Labute approximate surface area is 110 Å². The van der Waals surface area contributed by atoms with E-state index in [1.807, 2.05) is 18.2 Å². The highest BCUT2D eigenvalue weighted by Gasteiger charge is 2.26. The van der Waals surface area contributed by atoms with Gasteiger partial charge in [-0.1, -0.05) is 44.0 Å². The molecule has 0 amide bonds. The Balaban J connectivity index is 2.23. The number of Topliss-reactive ketones (excluding diaryl/α,β-unsaturated/α-hetero) is 1. The average Bonchev–Trinajstić information content (AvgIpc) is 2.34. The number of carbonyl (C=O) groups excluding carboxylic acids is 1. The molecule has 0 spiro atoms. The molecule has 1 aromatic rings. The van der Waals surface area contributed by atoms with Gasteiger partial charge in [-0.15, -0.1) is 0 Å². The summed E-state index contributed by atoms with van der Waals surface area (Å²) < 4.78 is 0. The van der Waals surface area contributed by atoms with Crippen molar-refractivity contribution in [3.05, 3.63) is 35.4 Å². The molecular weight excluding hydrogens is 222 g/mol. The molecule has 0 radical (unpaired) electrons. The van der Waals surface area contributed by atoms with Crippen LogP contribution < -0.4 is 5.73 Å². The van der Waals surface area contributed by atoms with Crippen molar-refractivity contribution >= 4 is 5.78 Å². The SMILES string of the molecule is CCCC(CN)C(=O)c1ccccc1C1CCC1. The summed E-state index contributed by atoms with van der Waals surface area (Å²) >= 11 is 0. The van der Waals surface area contributed by atoms with Crippen molar-refractivity contribution in [1.82, 2.24) is 0 Å². The van der Waals surface area contributed by atoms with Crippen LogP contribution in [0.1, 0.15) is 60.9 Å². The van der Waals surface area contributed by atoms with Gasteiger partial charge in [0, 0.05) is 18.0 Å². The van der Waals surface area contributed by atoms with Gasteiger partial charge in [0.05, 0.1) is 0 Å². The van der Waals surface area contributed by atoms with Crippen molar-refractivity contribution in [2.24, 2.45) is 11.7 Å². The van der Waals surface area contributed by atoms with E-state index < -0.39 is 0 Å². The minimum Gasteiger partial charge on any atom is -0.330 e. The van der Waals surface area contributed by atoms with Gasteiger partial charge in [-0.05, 0) is 30.7 Å². The van der Waals surface area contributed by atoms with Gasteiger partial charge >= 0.3 is 0 Å². The molecule has 2 nitrogen and oxygen atoms in total. The molecule has 2 rings (SSSR count). The molecule has 1 unspecified atom stereocenters. The second-order valence-corrected chi connectivity index (χ2v) is 5.30. The number of benzene rings is 1. The lowest BCUT2D eigenvalue weighted by atomic mass is 9.76. The molecule has 18 heavy (non-hydrogen) atoms. The molecule has 1 saturated carbocycles. The summed E-state index contributed by atoms with van der Waals surface area (Å²) in [5.74, 6) is 0.850. The van der Waals surface area contributed by atoms with Gasteiger partial charge in [0.25, 0.3) is 0 Å². The standard InChI is InChI=1S/C16H23NO/c1-2-6-13(11-17)16(18)15-10-4-3-9-14(15)12-7-5-8-12/h3-4,9-10,12-13H,2,5-8,11,17H2,1H3. The Morgan fingerprint density at radius 1 is 1.39 bits per heavy atom. The first-order valence-corrected chi connectivity index (χ1v) is 7.11. The molecule has 0 aliphatic heterocycles. The lowest BCUT2D eigenvalue weighted by Gasteiger charge is -2.28. The maximum absolute atomic E-state index is 12.6. The topological polar surface area (TPSA) is 43.1 Å². The van der Waals surface area contributed by atoms with Crippen molar-refractivity contribution in [3.8, 4) is 0 Å². The average molecular weight is 245 g/mol. The monoisotopic (exact) mass is 245 g/mol. The zero-order valence-electron chi connectivity index (χ0n) is 11.2. The minimum atomic E-state index is -0.00349. The first kappa shape index (κ1) is 13.3. The van der Waals surface area contributed by atoms with Gasteiger partial charge < -0.3 is 5.73 Å². The fourth-order valence-electron chi connectivity index (χ4n) is 2.72. The second kappa shape index (κ2) is 6.14. The van der Waals surface area contributed by atoms with Gasteiger partial charge in [0.15, 0.2) is 5.78 Å². The minimum absolute atomic E-state index is 0.00349. The van der Waals surface area contributed by atoms with E-state index in [4.69, 9.17) is 5.73 Å². The molecule has 1 fully saturated rings. The van der Waals surface area contributed by atoms with E-state index in [1.54, 1.807) is 0 Å². The summed E-state index contributed by atoms with van der Waals surface area (Å²) in [6.45, 7) is 2.57. The lowest BCUT2D eigenvalue weighted by Crippen LogP contribution is -2.25. The fourth-order valence-corrected chi connectivity index (χ4v) is 2.72. The molecule has 0 bridgehead atoms.